The van der Waals surface area contributed by atoms with Crippen LogP contribution in [0.3, 0.4) is 0 Å². The minimum atomic E-state index is -4.73. The average molecular weight is 850 g/mol. The third-order valence-electron chi connectivity index (χ3n) is 9.19. The van der Waals surface area contributed by atoms with Crippen molar-refractivity contribution < 1.29 is 47.5 Å². The van der Waals surface area contributed by atoms with Gasteiger partial charge in [0.2, 0.25) is 0 Å². The quantitative estimate of drug-likeness (QED) is 0.0231. The van der Waals surface area contributed by atoms with Crippen LogP contribution in [0.25, 0.3) is 0 Å². The molecule has 0 heterocycles. The Kier molecular flexibility index (Phi) is 39.5. The van der Waals surface area contributed by atoms with Crippen molar-refractivity contribution in [1.29, 1.82) is 0 Å². The minimum Gasteiger partial charge on any atom is -0.480 e. The van der Waals surface area contributed by atoms with Gasteiger partial charge >= 0.3 is 25.7 Å². The van der Waals surface area contributed by atoms with Crippen LogP contribution in [0.1, 0.15) is 174 Å². The molecular weight excluding hydrogens is 769 g/mol. The van der Waals surface area contributed by atoms with Gasteiger partial charge in [0.05, 0.1) is 13.2 Å². The smallest absolute Gasteiger partial charge is 0.472 e. The summed E-state index contributed by atoms with van der Waals surface area (Å²) in [5, 5.41) is 8.90. The van der Waals surface area contributed by atoms with Crippen LogP contribution < -0.4 is 5.73 Å². The highest BCUT2D eigenvalue weighted by molar-refractivity contribution is 7.47. The van der Waals surface area contributed by atoms with Gasteiger partial charge in [0.1, 0.15) is 12.6 Å². The molecule has 0 saturated carbocycles. The highest BCUT2D eigenvalue weighted by Crippen LogP contribution is 2.43. The van der Waals surface area contributed by atoms with Crippen molar-refractivity contribution in [2.75, 3.05) is 19.8 Å². The molecule has 0 aromatic carbocycles. The van der Waals surface area contributed by atoms with Gasteiger partial charge in [-0.2, -0.15) is 0 Å². The molecule has 59 heavy (non-hydrogen) atoms. The summed E-state index contributed by atoms with van der Waals surface area (Å²) < 4.78 is 32.7. The lowest BCUT2D eigenvalue weighted by atomic mass is 10.1. The molecule has 3 unspecified atom stereocenters. The number of ether oxygens (including phenoxy) is 2. The second-order valence-electron chi connectivity index (χ2n) is 14.8. The summed E-state index contributed by atoms with van der Waals surface area (Å²) in [5.74, 6) is -2.43. The zero-order valence-corrected chi connectivity index (χ0v) is 37.5. The van der Waals surface area contributed by atoms with Crippen LogP contribution in [0, 0.1) is 0 Å². The Morgan fingerprint density at radius 1 is 0.542 bits per heavy atom. The van der Waals surface area contributed by atoms with Crippen molar-refractivity contribution in [3.8, 4) is 0 Å². The van der Waals surface area contributed by atoms with Crippen LogP contribution >= 0.6 is 7.82 Å². The lowest BCUT2D eigenvalue weighted by Crippen LogP contribution is -2.34. The summed E-state index contributed by atoms with van der Waals surface area (Å²) in [6, 6.07) is -1.53. The van der Waals surface area contributed by atoms with Crippen molar-refractivity contribution in [3.63, 3.8) is 0 Å². The fourth-order valence-corrected chi connectivity index (χ4v) is 6.45. The molecule has 0 aliphatic rings. The van der Waals surface area contributed by atoms with E-state index in [1.807, 2.05) is 0 Å². The molecule has 338 valence electrons. The summed E-state index contributed by atoms with van der Waals surface area (Å²) in [7, 11) is -4.73. The van der Waals surface area contributed by atoms with E-state index in [0.717, 1.165) is 89.9 Å². The molecule has 0 aromatic heterocycles. The normalized spacial score (nSPS) is 14.4. The maximum absolute atomic E-state index is 12.6. The van der Waals surface area contributed by atoms with Crippen LogP contribution in [-0.4, -0.2) is 59.9 Å². The number of phosphoric acid groups is 1. The molecule has 0 amide bonds. The van der Waals surface area contributed by atoms with Crippen LogP contribution in [-0.2, 0) is 37.5 Å². The second kappa shape index (κ2) is 41.6. The molecule has 0 rings (SSSR count). The van der Waals surface area contributed by atoms with E-state index in [1.54, 1.807) is 0 Å². The van der Waals surface area contributed by atoms with Crippen molar-refractivity contribution in [1.82, 2.24) is 0 Å². The number of carboxylic acids is 1. The number of aliphatic carboxylic acids is 1. The lowest BCUT2D eigenvalue weighted by Gasteiger charge is -2.20. The minimum absolute atomic E-state index is 0.128. The zero-order chi connectivity index (χ0) is 43.5. The van der Waals surface area contributed by atoms with Gasteiger partial charge in [-0.3, -0.25) is 23.4 Å². The molecule has 3 atom stereocenters. The van der Waals surface area contributed by atoms with E-state index in [9.17, 15) is 23.8 Å². The Labute approximate surface area is 357 Å². The third kappa shape index (κ3) is 41.4. The molecule has 4 N–H and O–H groups in total. The number of phosphoric ester groups is 1. The molecular formula is C47H80NO10P. The van der Waals surface area contributed by atoms with Crippen LogP contribution in [0.5, 0.6) is 0 Å². The van der Waals surface area contributed by atoms with E-state index in [2.05, 4.69) is 91.3 Å². The Morgan fingerprint density at radius 3 is 1.42 bits per heavy atom. The molecule has 0 fully saturated rings. The predicted octanol–water partition coefficient (Wildman–Crippen LogP) is 12.1. The number of hydrogen-bond acceptors (Lipinski definition) is 9. The maximum atomic E-state index is 12.6. The Hall–Kier alpha value is -3.08. The van der Waals surface area contributed by atoms with Crippen LogP contribution in [0.2, 0.25) is 0 Å². The molecule has 12 heteroatoms. The molecule has 0 aromatic rings. The SMILES string of the molecule is CC/C=C\C/C=C\C/C=C\C/C=C\CCCCCCC(=O)OC(COC(=O)CCCCCCCCC/C=C\C/C=C\CCCCCC)COP(=O)(O)OCC(N)C(=O)O. The van der Waals surface area contributed by atoms with Crippen molar-refractivity contribution >= 4 is 25.7 Å². The fourth-order valence-electron chi connectivity index (χ4n) is 5.67. The highest BCUT2D eigenvalue weighted by atomic mass is 31.2. The number of rotatable bonds is 41. The first-order chi connectivity index (χ1) is 28.6. The largest absolute Gasteiger partial charge is 0.480 e. The van der Waals surface area contributed by atoms with Gasteiger partial charge in [-0.1, -0.05) is 151 Å². The van der Waals surface area contributed by atoms with Crippen molar-refractivity contribution in [2.45, 2.75) is 187 Å². The maximum Gasteiger partial charge on any atom is 0.472 e. The van der Waals surface area contributed by atoms with E-state index in [4.69, 9.17) is 24.8 Å². The molecule has 0 aliphatic carbocycles. The summed E-state index contributed by atoms with van der Waals surface area (Å²) in [4.78, 5) is 46.0. The predicted molar refractivity (Wildman–Crippen MR) is 240 cm³/mol. The van der Waals surface area contributed by atoms with E-state index >= 15 is 0 Å². The van der Waals surface area contributed by atoms with Gasteiger partial charge in [-0.05, 0) is 83.5 Å². The van der Waals surface area contributed by atoms with E-state index < -0.39 is 51.1 Å². The van der Waals surface area contributed by atoms with E-state index in [1.165, 1.54) is 44.9 Å². The number of hydrogen-bond donors (Lipinski definition) is 3. The number of allylic oxidation sites excluding steroid dienone is 12. The van der Waals surface area contributed by atoms with Gasteiger partial charge in [0.15, 0.2) is 6.10 Å². The molecule has 0 saturated heterocycles. The summed E-state index contributed by atoms with van der Waals surface area (Å²) >= 11 is 0. The van der Waals surface area contributed by atoms with E-state index in [-0.39, 0.29) is 19.4 Å². The first-order valence-corrected chi connectivity index (χ1v) is 24.0. The monoisotopic (exact) mass is 850 g/mol. The first-order valence-electron chi connectivity index (χ1n) is 22.5. The standard InChI is InChI=1S/C47H80NO10P/c1-3-5-7-9-11-13-15-17-19-21-23-24-26-28-30-32-34-36-38-45(49)55-40-43(41-56-59(53,54)57-42-44(48)47(51)52)58-46(50)39-37-35-33-31-29-27-25-22-20-18-16-14-12-10-8-6-4-2/h6,8,12-15,18-21,25,27,43-44H,3-5,7,9-11,16-17,22-24,26,28-42,48H2,1-2H3,(H,51,52)(H,53,54)/b8-6-,14-12-,15-13-,20-18-,21-19-,27-25-. The number of nitrogens with two attached hydrogens (primary N) is 1. The topological polar surface area (TPSA) is 172 Å². The zero-order valence-electron chi connectivity index (χ0n) is 36.6. The Balaban J connectivity index is 4.41. The summed E-state index contributed by atoms with van der Waals surface area (Å²) in [5.41, 5.74) is 5.33. The van der Waals surface area contributed by atoms with E-state index in [0.29, 0.717) is 12.8 Å². The van der Waals surface area contributed by atoms with Crippen LogP contribution in [0.15, 0.2) is 72.9 Å². The number of carbonyl (C=O) groups excluding carboxylic acids is 2. The molecule has 0 radical (unpaired) electrons. The fraction of sp³-hybridized carbons (Fsp3) is 0.681. The number of carboxylic acid groups (broad SMARTS) is 1. The second-order valence-corrected chi connectivity index (χ2v) is 16.2. The Morgan fingerprint density at radius 2 is 0.949 bits per heavy atom. The number of esters is 2. The van der Waals surface area contributed by atoms with Gasteiger partial charge in [0, 0.05) is 12.8 Å². The van der Waals surface area contributed by atoms with Crippen molar-refractivity contribution in [2.24, 2.45) is 5.73 Å². The summed E-state index contributed by atoms with van der Waals surface area (Å²) in [6.45, 7) is 2.63. The van der Waals surface area contributed by atoms with Gasteiger partial charge in [-0.25, -0.2) is 4.57 Å². The third-order valence-corrected chi connectivity index (χ3v) is 10.1. The van der Waals surface area contributed by atoms with Gasteiger partial charge in [-0.15, -0.1) is 0 Å². The highest BCUT2D eigenvalue weighted by Gasteiger charge is 2.28. The lowest BCUT2D eigenvalue weighted by molar-refractivity contribution is -0.161. The first kappa shape index (κ1) is 55.9. The molecule has 11 nitrogen and oxygen atoms in total. The van der Waals surface area contributed by atoms with Gasteiger partial charge in [0.25, 0.3) is 0 Å². The number of carbonyl (C=O) groups is 3. The summed E-state index contributed by atoms with van der Waals surface area (Å²) in [6.07, 6.45) is 49.6. The average Bonchev–Trinajstić information content (AvgIpc) is 3.21. The van der Waals surface area contributed by atoms with Crippen LogP contribution in [0.4, 0.5) is 0 Å². The number of unbranched alkanes of at least 4 members (excludes halogenated alkanes) is 15. The van der Waals surface area contributed by atoms with Gasteiger partial charge < -0.3 is 25.2 Å². The molecule has 0 aliphatic heterocycles. The molecule has 0 bridgehead atoms. The van der Waals surface area contributed by atoms with Crippen molar-refractivity contribution in [3.05, 3.63) is 72.9 Å². The Bertz CT molecular complexity index is 1280. The molecule has 0 spiro atoms.